The summed E-state index contributed by atoms with van der Waals surface area (Å²) in [6.45, 7) is 0.568. The Hall–Kier alpha value is -0.160. The zero-order valence-electron chi connectivity index (χ0n) is 5.43. The lowest BCUT2D eigenvalue weighted by molar-refractivity contribution is 0.00205. The minimum Gasteiger partial charge on any atom is -0.388 e. The molecule has 2 aliphatic rings. The number of ether oxygens (including phenoxy) is 2. The molecule has 2 saturated heterocycles. The van der Waals surface area contributed by atoms with E-state index < -0.39 is 12.2 Å². The predicted molar refractivity (Wildman–Crippen MR) is 31.5 cm³/mol. The van der Waals surface area contributed by atoms with Crippen LogP contribution in [0.2, 0.25) is 0 Å². The molecule has 4 atom stereocenters. The molecule has 0 radical (unpaired) electrons. The van der Waals surface area contributed by atoms with Crippen molar-refractivity contribution in [2.75, 3.05) is 13.2 Å². The van der Waals surface area contributed by atoms with Crippen molar-refractivity contribution in [3.63, 3.8) is 0 Å². The lowest BCUT2D eigenvalue weighted by atomic mass is 11.1. The highest BCUT2D eigenvalue weighted by Crippen LogP contribution is 2.26. The number of aliphatic hydroxyl groups is 2. The Morgan fingerprint density at radius 3 is 1.70 bits per heavy atom. The SMILES string of the molecule is O[13C@@H]1[13CH2]O[13C@H]2[13C@@H]1O[13CH2][13C@@H]2O. The second-order valence-electron chi connectivity index (χ2n) is 2.73. The van der Waals surface area contributed by atoms with E-state index in [9.17, 15) is 0 Å². The summed E-state index contributed by atoms with van der Waals surface area (Å²) in [7, 11) is 0. The van der Waals surface area contributed by atoms with Crippen molar-refractivity contribution in [3.8, 4) is 0 Å². The van der Waals surface area contributed by atoms with Crippen molar-refractivity contribution in [2.24, 2.45) is 0 Å². The van der Waals surface area contributed by atoms with Gasteiger partial charge in [0.05, 0.1) is 13.2 Å². The summed E-state index contributed by atoms with van der Waals surface area (Å²) in [4.78, 5) is 0. The van der Waals surface area contributed by atoms with Gasteiger partial charge in [0.25, 0.3) is 0 Å². The van der Waals surface area contributed by atoms with Gasteiger partial charge >= 0.3 is 0 Å². The Balaban J connectivity index is 2.09. The van der Waals surface area contributed by atoms with Crippen molar-refractivity contribution in [1.29, 1.82) is 0 Å². The Labute approximate surface area is 58.4 Å². The molecular weight excluding hydrogens is 142 g/mol. The van der Waals surface area contributed by atoms with E-state index >= 15 is 0 Å². The van der Waals surface area contributed by atoms with Crippen molar-refractivity contribution in [3.05, 3.63) is 0 Å². The molecule has 2 N–H and O–H groups in total. The lowest BCUT2D eigenvalue weighted by Gasteiger charge is -2.09. The van der Waals surface area contributed by atoms with Gasteiger partial charge in [-0.1, -0.05) is 0 Å². The predicted octanol–water partition coefficient (Wildman–Crippen LogP) is -1.49. The average Bonchev–Trinajstić information content (AvgIpc) is 2.41. The lowest BCUT2D eigenvalue weighted by Crippen LogP contribution is -2.30. The van der Waals surface area contributed by atoms with Crippen molar-refractivity contribution < 1.29 is 19.7 Å². The third kappa shape index (κ3) is 0.769. The fraction of sp³-hybridized carbons (Fsp3) is 1.00. The first-order valence-corrected chi connectivity index (χ1v) is 3.38. The molecule has 0 saturated carbocycles. The molecule has 4 heteroatoms. The van der Waals surface area contributed by atoms with Crippen LogP contribution >= 0.6 is 0 Å². The Morgan fingerprint density at radius 1 is 0.900 bits per heavy atom. The third-order valence-corrected chi connectivity index (χ3v) is 2.00. The Bertz CT molecular complexity index is 122. The van der Waals surface area contributed by atoms with Gasteiger partial charge in [-0.05, 0) is 0 Å². The first kappa shape index (κ1) is 6.54. The number of fused-ring (bicyclic) bond motifs is 1. The molecule has 2 rings (SSSR count). The van der Waals surface area contributed by atoms with Crippen LogP contribution in [0.3, 0.4) is 0 Å². The first-order valence-electron chi connectivity index (χ1n) is 3.38. The van der Waals surface area contributed by atoms with Crippen molar-refractivity contribution in [1.82, 2.24) is 0 Å². The quantitative estimate of drug-likeness (QED) is 0.415. The van der Waals surface area contributed by atoms with Gasteiger partial charge in [0.15, 0.2) is 0 Å². The van der Waals surface area contributed by atoms with Crippen LogP contribution in [-0.2, 0) is 9.47 Å². The fourth-order valence-corrected chi connectivity index (χ4v) is 1.46. The Morgan fingerprint density at radius 2 is 1.30 bits per heavy atom. The zero-order valence-corrected chi connectivity index (χ0v) is 5.43. The standard InChI is InChI=1S/C6H10O4/c7-3-1-9-6-4(8)2-10-5(3)6/h3-8H,1-2H2/t3-,4+,5-,6-/m1/s1/i1+1,2+1,3+1,4+1,5+1,6+1. The molecule has 0 bridgehead atoms. The maximum atomic E-state index is 9.16. The van der Waals surface area contributed by atoms with E-state index in [0.717, 1.165) is 0 Å². The van der Waals surface area contributed by atoms with Gasteiger partial charge in [-0.25, -0.2) is 0 Å². The molecule has 2 fully saturated rings. The highest BCUT2D eigenvalue weighted by molar-refractivity contribution is 4.93. The zero-order chi connectivity index (χ0) is 7.14. The molecule has 0 aliphatic carbocycles. The van der Waals surface area contributed by atoms with Gasteiger partial charge in [-0.2, -0.15) is 0 Å². The summed E-state index contributed by atoms with van der Waals surface area (Å²) in [6, 6.07) is 0. The summed E-state index contributed by atoms with van der Waals surface area (Å²) >= 11 is 0. The molecule has 0 aromatic heterocycles. The molecule has 0 amide bonds. The van der Waals surface area contributed by atoms with Gasteiger partial charge in [0, 0.05) is 0 Å². The second kappa shape index (κ2) is 2.17. The van der Waals surface area contributed by atoms with E-state index in [4.69, 9.17) is 19.7 Å². The minimum absolute atomic E-state index is 0.284. The highest BCUT2D eigenvalue weighted by atomic mass is 16.8. The number of aliphatic hydroxyl groups excluding tert-OH is 2. The first-order chi connectivity index (χ1) is 4.79. The van der Waals surface area contributed by atoms with Crippen LogP contribution in [0.25, 0.3) is 0 Å². The van der Waals surface area contributed by atoms with Gasteiger partial charge in [-0.3, -0.25) is 0 Å². The van der Waals surface area contributed by atoms with Gasteiger partial charge < -0.3 is 19.7 Å². The van der Waals surface area contributed by atoms with Crippen LogP contribution < -0.4 is 0 Å². The van der Waals surface area contributed by atoms with E-state index in [1.165, 1.54) is 0 Å². The smallest absolute Gasteiger partial charge is 0.114 e. The highest BCUT2D eigenvalue weighted by Gasteiger charge is 2.46. The molecule has 0 unspecified atom stereocenters. The summed E-state index contributed by atoms with van der Waals surface area (Å²) in [6.07, 6.45) is -1.70. The molecule has 0 aromatic carbocycles. The largest absolute Gasteiger partial charge is 0.388 e. The van der Waals surface area contributed by atoms with E-state index in [0.29, 0.717) is 0 Å². The molecule has 0 spiro atoms. The molecule has 58 valence electrons. The Kier molecular flexibility index (Phi) is 1.42. The monoisotopic (exact) mass is 152 g/mol. The fourth-order valence-electron chi connectivity index (χ4n) is 1.46. The molecular formula is C6H10O4. The van der Waals surface area contributed by atoms with Crippen molar-refractivity contribution in [2.45, 2.75) is 24.4 Å². The number of hydrogen-bond acceptors (Lipinski definition) is 4. The van der Waals surface area contributed by atoms with E-state index in [1.54, 1.807) is 0 Å². The molecule has 2 aliphatic heterocycles. The number of hydrogen-bond donors (Lipinski definition) is 2. The summed E-state index contributed by atoms with van der Waals surface area (Å²) < 4.78 is 10.2. The molecule has 10 heavy (non-hydrogen) atoms. The maximum absolute atomic E-state index is 9.16. The topological polar surface area (TPSA) is 58.9 Å². The van der Waals surface area contributed by atoms with E-state index in [2.05, 4.69) is 0 Å². The summed E-state index contributed by atoms with van der Waals surface area (Å²) in [5.41, 5.74) is 0. The second-order valence-corrected chi connectivity index (χ2v) is 2.73. The van der Waals surface area contributed by atoms with Crippen molar-refractivity contribution >= 4 is 0 Å². The maximum Gasteiger partial charge on any atom is 0.114 e. The van der Waals surface area contributed by atoms with Crippen LogP contribution in [0, 0.1) is 0 Å². The van der Waals surface area contributed by atoms with Gasteiger partial charge in [0.2, 0.25) is 0 Å². The third-order valence-electron chi connectivity index (χ3n) is 2.00. The van der Waals surface area contributed by atoms with Crippen LogP contribution in [-0.4, -0.2) is 47.8 Å². The van der Waals surface area contributed by atoms with Crippen LogP contribution in [0.15, 0.2) is 0 Å². The molecule has 2 heterocycles. The molecule has 0 aromatic rings. The molecule has 4 nitrogen and oxygen atoms in total. The van der Waals surface area contributed by atoms with Crippen LogP contribution in [0.1, 0.15) is 0 Å². The van der Waals surface area contributed by atoms with Gasteiger partial charge in [0.1, 0.15) is 24.4 Å². The van der Waals surface area contributed by atoms with Gasteiger partial charge in [-0.15, -0.1) is 0 Å². The average molecular weight is 152 g/mol. The van der Waals surface area contributed by atoms with E-state index in [1.807, 2.05) is 0 Å². The summed E-state index contributed by atoms with van der Waals surface area (Å²) in [5.74, 6) is 0. The normalized spacial score (nSPS) is 53.4. The van der Waals surface area contributed by atoms with E-state index in [-0.39, 0.29) is 25.4 Å². The number of rotatable bonds is 0. The van der Waals surface area contributed by atoms with Crippen LogP contribution in [0.5, 0.6) is 0 Å². The minimum atomic E-state index is -0.554. The van der Waals surface area contributed by atoms with Crippen LogP contribution in [0.4, 0.5) is 0 Å². The summed E-state index contributed by atoms with van der Waals surface area (Å²) in [5, 5.41) is 18.3.